The average molecular weight is 247 g/mol. The quantitative estimate of drug-likeness (QED) is 0.731. The number of rotatable bonds is 4. The molecular formula is C13H17N3O2. The Bertz CT molecular complexity index is 459. The summed E-state index contributed by atoms with van der Waals surface area (Å²) in [6, 6.07) is 7.77. The van der Waals surface area contributed by atoms with Crippen LogP contribution in [0.3, 0.4) is 0 Å². The molecule has 18 heavy (non-hydrogen) atoms. The topological polar surface area (TPSA) is 61.4 Å². The molecule has 1 aliphatic heterocycles. The lowest BCUT2D eigenvalue weighted by atomic mass is 10.1. The second-order valence-electron chi connectivity index (χ2n) is 4.24. The lowest BCUT2D eigenvalue weighted by Crippen LogP contribution is -2.52. The van der Waals surface area contributed by atoms with Gasteiger partial charge in [-0.15, -0.1) is 0 Å². The molecule has 0 aliphatic carbocycles. The third-order valence-electron chi connectivity index (χ3n) is 2.95. The highest BCUT2D eigenvalue weighted by Gasteiger charge is 2.27. The Morgan fingerprint density at radius 2 is 2.22 bits per heavy atom. The number of carbonyl (C=O) groups excluding carboxylic acids is 2. The predicted molar refractivity (Wildman–Crippen MR) is 69.4 cm³/mol. The van der Waals surface area contributed by atoms with Crippen LogP contribution in [0, 0.1) is 0 Å². The number of hydrogen-bond acceptors (Lipinski definition) is 3. The minimum atomic E-state index is -0.526. The van der Waals surface area contributed by atoms with Gasteiger partial charge in [-0.1, -0.05) is 12.1 Å². The Kier molecular flexibility index (Phi) is 3.94. The number of benzene rings is 1. The molecule has 0 saturated carbocycles. The number of amides is 2. The van der Waals surface area contributed by atoms with E-state index in [2.05, 4.69) is 10.6 Å². The second kappa shape index (κ2) is 5.64. The van der Waals surface area contributed by atoms with Crippen LogP contribution in [0.25, 0.3) is 0 Å². The summed E-state index contributed by atoms with van der Waals surface area (Å²) in [5.74, 6) is -1.01. The van der Waals surface area contributed by atoms with Crippen molar-refractivity contribution in [3.63, 3.8) is 0 Å². The predicted octanol–water partition coefficient (Wildman–Crippen LogP) is -0.0887. The zero-order valence-electron chi connectivity index (χ0n) is 10.4. The number of likely N-dealkylation sites (N-methyl/N-ethyl adjacent to an activating group) is 1. The highest BCUT2D eigenvalue weighted by atomic mass is 16.2. The van der Waals surface area contributed by atoms with Gasteiger partial charge in [0.15, 0.2) is 0 Å². The fraction of sp³-hybridized carbons (Fsp3) is 0.385. The first-order valence-corrected chi connectivity index (χ1v) is 6.05. The van der Waals surface area contributed by atoms with E-state index in [0.29, 0.717) is 13.1 Å². The van der Waals surface area contributed by atoms with Gasteiger partial charge in [-0.25, -0.2) is 0 Å². The van der Waals surface area contributed by atoms with Gasteiger partial charge in [-0.3, -0.25) is 9.59 Å². The summed E-state index contributed by atoms with van der Waals surface area (Å²) >= 11 is 0. The van der Waals surface area contributed by atoms with Crippen LogP contribution >= 0.6 is 0 Å². The van der Waals surface area contributed by atoms with Gasteiger partial charge < -0.3 is 15.5 Å². The van der Waals surface area contributed by atoms with Crippen molar-refractivity contribution >= 4 is 17.5 Å². The first-order valence-electron chi connectivity index (χ1n) is 6.05. The van der Waals surface area contributed by atoms with Crippen molar-refractivity contribution < 1.29 is 9.59 Å². The molecule has 0 unspecified atom stereocenters. The Morgan fingerprint density at radius 3 is 3.00 bits per heavy atom. The molecule has 1 aromatic carbocycles. The highest BCUT2D eigenvalue weighted by Crippen LogP contribution is 2.17. The molecular weight excluding hydrogens is 230 g/mol. The summed E-state index contributed by atoms with van der Waals surface area (Å²) < 4.78 is 0. The van der Waals surface area contributed by atoms with E-state index in [1.54, 1.807) is 0 Å². The smallest absolute Gasteiger partial charge is 0.316 e. The van der Waals surface area contributed by atoms with Crippen LogP contribution in [0.1, 0.15) is 5.56 Å². The van der Waals surface area contributed by atoms with Crippen molar-refractivity contribution in [1.29, 1.82) is 0 Å². The van der Waals surface area contributed by atoms with Crippen LogP contribution in [0.5, 0.6) is 0 Å². The molecule has 2 amide bonds. The van der Waals surface area contributed by atoms with Crippen LogP contribution in [0.15, 0.2) is 24.3 Å². The van der Waals surface area contributed by atoms with E-state index in [1.165, 1.54) is 4.90 Å². The first kappa shape index (κ1) is 12.6. The first-order chi connectivity index (χ1) is 8.72. The average Bonchev–Trinajstić information content (AvgIpc) is 2.40. The zero-order valence-corrected chi connectivity index (χ0v) is 10.4. The number of nitrogens with zero attached hydrogens (tertiary/aromatic N) is 1. The standard InChI is InChI=1S/C13H17N3O2/c1-14-6-5-10-3-2-4-11(9-10)16-8-7-15-12(17)13(16)18/h2-4,9,14H,5-8H2,1H3,(H,15,17). The fourth-order valence-electron chi connectivity index (χ4n) is 1.98. The third kappa shape index (κ3) is 2.68. The lowest BCUT2D eigenvalue weighted by molar-refractivity contribution is -0.138. The van der Waals surface area contributed by atoms with Gasteiger partial charge in [0.2, 0.25) is 0 Å². The van der Waals surface area contributed by atoms with E-state index in [4.69, 9.17) is 0 Å². The molecule has 0 aromatic heterocycles. The molecule has 1 saturated heterocycles. The van der Waals surface area contributed by atoms with Crippen LogP contribution < -0.4 is 15.5 Å². The Hall–Kier alpha value is -1.88. The molecule has 0 radical (unpaired) electrons. The van der Waals surface area contributed by atoms with Gasteiger partial charge in [0.05, 0.1) is 0 Å². The maximum Gasteiger partial charge on any atom is 0.316 e. The van der Waals surface area contributed by atoms with Crippen LogP contribution in [-0.4, -0.2) is 38.5 Å². The lowest BCUT2D eigenvalue weighted by Gasteiger charge is -2.26. The largest absolute Gasteiger partial charge is 0.346 e. The summed E-state index contributed by atoms with van der Waals surface area (Å²) in [5, 5.41) is 5.63. The van der Waals surface area contributed by atoms with Crippen molar-refractivity contribution in [1.82, 2.24) is 10.6 Å². The van der Waals surface area contributed by atoms with Gasteiger partial charge in [0.25, 0.3) is 0 Å². The number of piperazine rings is 1. The third-order valence-corrected chi connectivity index (χ3v) is 2.95. The minimum absolute atomic E-state index is 0.480. The van der Waals surface area contributed by atoms with Crippen LogP contribution in [-0.2, 0) is 16.0 Å². The van der Waals surface area contributed by atoms with E-state index in [-0.39, 0.29) is 0 Å². The molecule has 5 nitrogen and oxygen atoms in total. The van der Waals surface area contributed by atoms with E-state index in [1.807, 2.05) is 31.3 Å². The molecule has 1 fully saturated rings. The number of hydrogen-bond donors (Lipinski definition) is 2. The molecule has 5 heteroatoms. The molecule has 0 bridgehead atoms. The molecule has 1 heterocycles. The van der Waals surface area contributed by atoms with E-state index in [9.17, 15) is 9.59 Å². The molecule has 1 aromatic rings. The van der Waals surface area contributed by atoms with Crippen molar-refractivity contribution in [2.24, 2.45) is 0 Å². The van der Waals surface area contributed by atoms with Crippen molar-refractivity contribution in [3.8, 4) is 0 Å². The summed E-state index contributed by atoms with van der Waals surface area (Å²) in [6.45, 7) is 1.92. The minimum Gasteiger partial charge on any atom is -0.346 e. The fourth-order valence-corrected chi connectivity index (χ4v) is 1.98. The molecule has 0 spiro atoms. The maximum atomic E-state index is 11.8. The Labute approximate surface area is 106 Å². The van der Waals surface area contributed by atoms with Gasteiger partial charge in [0, 0.05) is 18.8 Å². The van der Waals surface area contributed by atoms with Crippen LogP contribution in [0.4, 0.5) is 5.69 Å². The summed E-state index contributed by atoms with van der Waals surface area (Å²) in [5.41, 5.74) is 1.95. The molecule has 1 aliphatic rings. The number of anilines is 1. The van der Waals surface area contributed by atoms with E-state index in [0.717, 1.165) is 24.2 Å². The Morgan fingerprint density at radius 1 is 1.39 bits per heavy atom. The molecule has 0 atom stereocenters. The van der Waals surface area contributed by atoms with Gasteiger partial charge in [-0.2, -0.15) is 0 Å². The van der Waals surface area contributed by atoms with Crippen LogP contribution in [0.2, 0.25) is 0 Å². The summed E-state index contributed by atoms with van der Waals surface area (Å²) in [4.78, 5) is 24.6. The monoisotopic (exact) mass is 247 g/mol. The normalized spacial score (nSPS) is 15.7. The van der Waals surface area contributed by atoms with Crippen molar-refractivity contribution in [3.05, 3.63) is 29.8 Å². The molecule has 2 N–H and O–H groups in total. The summed E-state index contributed by atoms with van der Waals surface area (Å²) in [6.07, 6.45) is 0.901. The SMILES string of the molecule is CNCCc1cccc(N2CCNC(=O)C2=O)c1. The molecule has 2 rings (SSSR count). The number of nitrogens with one attached hydrogen (secondary N) is 2. The highest BCUT2D eigenvalue weighted by molar-refractivity contribution is 6.41. The van der Waals surface area contributed by atoms with E-state index < -0.39 is 11.8 Å². The van der Waals surface area contributed by atoms with Crippen molar-refractivity contribution in [2.75, 3.05) is 31.6 Å². The number of carbonyl (C=O) groups is 2. The van der Waals surface area contributed by atoms with Gasteiger partial charge in [-0.05, 0) is 37.7 Å². The second-order valence-corrected chi connectivity index (χ2v) is 4.24. The maximum absolute atomic E-state index is 11.8. The van der Waals surface area contributed by atoms with Crippen molar-refractivity contribution in [2.45, 2.75) is 6.42 Å². The zero-order chi connectivity index (χ0) is 13.0. The molecule has 96 valence electrons. The Balaban J connectivity index is 2.16. The van der Waals surface area contributed by atoms with E-state index >= 15 is 0 Å². The summed E-state index contributed by atoms with van der Waals surface area (Å²) in [7, 11) is 1.91. The van der Waals surface area contributed by atoms with Gasteiger partial charge in [0.1, 0.15) is 0 Å². The van der Waals surface area contributed by atoms with Gasteiger partial charge >= 0.3 is 11.8 Å².